The van der Waals surface area contributed by atoms with Crippen LogP contribution in [-0.2, 0) is 0 Å². The van der Waals surface area contributed by atoms with Crippen molar-refractivity contribution in [3.63, 3.8) is 0 Å². The van der Waals surface area contributed by atoms with E-state index in [-0.39, 0.29) is 5.91 Å². The van der Waals surface area contributed by atoms with Crippen LogP contribution in [0, 0.1) is 12.3 Å². The van der Waals surface area contributed by atoms with Crippen molar-refractivity contribution in [2.24, 2.45) is 0 Å². The fourth-order valence-corrected chi connectivity index (χ4v) is 3.78. The zero-order valence-corrected chi connectivity index (χ0v) is 17.2. The second-order valence-electron chi connectivity index (χ2n) is 7.67. The molecule has 5 nitrogen and oxygen atoms in total. The van der Waals surface area contributed by atoms with Gasteiger partial charge in [-0.1, -0.05) is 24.3 Å². The van der Waals surface area contributed by atoms with E-state index in [1.807, 2.05) is 55.5 Å². The Morgan fingerprint density at radius 2 is 1.70 bits per heavy atom. The summed E-state index contributed by atoms with van der Waals surface area (Å²) >= 11 is 0. The number of likely N-dealkylation sites (tertiary alicyclic amines) is 1. The van der Waals surface area contributed by atoms with E-state index < -0.39 is 0 Å². The lowest BCUT2D eigenvalue weighted by Gasteiger charge is -2.29. The molecule has 0 bridgehead atoms. The first-order valence-electron chi connectivity index (χ1n) is 10.4. The summed E-state index contributed by atoms with van der Waals surface area (Å²) in [6.45, 7) is 3.91. The molecule has 152 valence electrons. The molecule has 0 aliphatic carbocycles. The number of aryl methyl sites for hydroxylation is 1. The van der Waals surface area contributed by atoms with Gasteiger partial charge in [-0.05, 0) is 68.1 Å². The minimum atomic E-state index is -0.165. The Hall–Kier alpha value is -3.47. The largest absolute Gasteiger partial charge is 0.357 e. The van der Waals surface area contributed by atoms with Gasteiger partial charge < -0.3 is 10.2 Å². The predicted octanol–water partition coefficient (Wildman–Crippen LogP) is 5.12. The first-order chi connectivity index (χ1) is 14.6. The fraction of sp³-hybridized carbons (Fsp3) is 0.240. The van der Waals surface area contributed by atoms with Gasteiger partial charge in [0.1, 0.15) is 5.84 Å². The molecule has 1 aliphatic rings. The molecule has 2 aromatic carbocycles. The van der Waals surface area contributed by atoms with Gasteiger partial charge in [0.2, 0.25) is 0 Å². The Labute approximate surface area is 177 Å². The summed E-state index contributed by atoms with van der Waals surface area (Å²) < 4.78 is 0. The number of amides is 1. The Morgan fingerprint density at radius 3 is 2.40 bits per heavy atom. The Balaban J connectivity index is 1.47. The number of hydrogen-bond donors (Lipinski definition) is 2. The second-order valence-corrected chi connectivity index (χ2v) is 7.67. The van der Waals surface area contributed by atoms with Crippen LogP contribution in [0.4, 0.5) is 5.69 Å². The van der Waals surface area contributed by atoms with Crippen molar-refractivity contribution in [3.05, 3.63) is 83.6 Å². The first kappa shape index (κ1) is 19.8. The van der Waals surface area contributed by atoms with Crippen molar-refractivity contribution >= 4 is 17.4 Å². The number of hydrogen-bond acceptors (Lipinski definition) is 3. The normalized spacial score (nSPS) is 13.7. The average molecular weight is 399 g/mol. The third-order valence-electron chi connectivity index (χ3n) is 5.53. The van der Waals surface area contributed by atoms with Crippen molar-refractivity contribution in [1.29, 1.82) is 5.41 Å². The van der Waals surface area contributed by atoms with E-state index in [0.29, 0.717) is 11.4 Å². The summed E-state index contributed by atoms with van der Waals surface area (Å²) in [4.78, 5) is 19.3. The average Bonchev–Trinajstić information content (AvgIpc) is 2.81. The lowest BCUT2D eigenvalue weighted by molar-refractivity contribution is 0.102. The topological polar surface area (TPSA) is 69.1 Å². The molecule has 0 radical (unpaired) electrons. The highest BCUT2D eigenvalue weighted by Crippen LogP contribution is 2.25. The number of carbonyl (C=O) groups is 1. The van der Waals surface area contributed by atoms with Crippen molar-refractivity contribution in [1.82, 2.24) is 9.88 Å². The summed E-state index contributed by atoms with van der Waals surface area (Å²) in [6, 6.07) is 19.0. The molecule has 1 aromatic heterocycles. The minimum Gasteiger partial charge on any atom is -0.357 e. The number of piperidine rings is 1. The number of aromatic nitrogens is 1. The monoisotopic (exact) mass is 398 g/mol. The van der Waals surface area contributed by atoms with Crippen molar-refractivity contribution in [2.45, 2.75) is 26.2 Å². The highest BCUT2D eigenvalue weighted by Gasteiger charge is 2.16. The quantitative estimate of drug-likeness (QED) is 0.473. The zero-order valence-electron chi connectivity index (χ0n) is 17.2. The molecule has 1 saturated heterocycles. The third-order valence-corrected chi connectivity index (χ3v) is 5.53. The maximum Gasteiger partial charge on any atom is 0.255 e. The Morgan fingerprint density at radius 1 is 0.967 bits per heavy atom. The molecule has 4 rings (SSSR count). The molecule has 1 aliphatic heterocycles. The van der Waals surface area contributed by atoms with Crippen LogP contribution in [0.15, 0.2) is 66.9 Å². The minimum absolute atomic E-state index is 0.165. The van der Waals surface area contributed by atoms with Crippen LogP contribution in [0.3, 0.4) is 0 Å². The number of pyridine rings is 1. The van der Waals surface area contributed by atoms with Crippen LogP contribution in [-0.4, -0.2) is 34.7 Å². The molecule has 0 unspecified atom stereocenters. The summed E-state index contributed by atoms with van der Waals surface area (Å²) in [6.07, 6.45) is 5.28. The van der Waals surface area contributed by atoms with Crippen LogP contribution in [0.1, 0.15) is 40.7 Å². The van der Waals surface area contributed by atoms with Gasteiger partial charge in [0.15, 0.2) is 0 Å². The van der Waals surface area contributed by atoms with Gasteiger partial charge in [-0.2, -0.15) is 0 Å². The van der Waals surface area contributed by atoms with Crippen LogP contribution in [0.2, 0.25) is 0 Å². The molecule has 3 aromatic rings. The van der Waals surface area contributed by atoms with Gasteiger partial charge in [0, 0.05) is 41.7 Å². The van der Waals surface area contributed by atoms with E-state index >= 15 is 0 Å². The SMILES string of the molecule is Cc1ccc(NC(=O)c2ccc(C(=N)N3CCCCC3)cc2)cc1-c1ccccn1. The lowest BCUT2D eigenvalue weighted by Crippen LogP contribution is -2.35. The van der Waals surface area contributed by atoms with E-state index in [2.05, 4.69) is 15.2 Å². The number of benzene rings is 2. The van der Waals surface area contributed by atoms with Crippen LogP contribution in [0.25, 0.3) is 11.3 Å². The predicted molar refractivity (Wildman–Crippen MR) is 121 cm³/mol. The molecule has 2 N–H and O–H groups in total. The summed E-state index contributed by atoms with van der Waals surface area (Å²) in [5.41, 5.74) is 5.14. The van der Waals surface area contributed by atoms with E-state index in [4.69, 9.17) is 5.41 Å². The van der Waals surface area contributed by atoms with Crippen LogP contribution in [0.5, 0.6) is 0 Å². The summed E-state index contributed by atoms with van der Waals surface area (Å²) in [7, 11) is 0. The first-order valence-corrected chi connectivity index (χ1v) is 10.4. The molecule has 0 atom stereocenters. The van der Waals surface area contributed by atoms with Crippen LogP contribution < -0.4 is 5.32 Å². The number of carbonyl (C=O) groups excluding carboxylic acids is 1. The molecular formula is C25H26N4O. The summed E-state index contributed by atoms with van der Waals surface area (Å²) in [5.74, 6) is 0.377. The molecule has 2 heterocycles. The van der Waals surface area contributed by atoms with Gasteiger partial charge >= 0.3 is 0 Å². The van der Waals surface area contributed by atoms with Gasteiger partial charge in [0.05, 0.1) is 5.69 Å². The second kappa shape index (κ2) is 8.91. The van der Waals surface area contributed by atoms with Gasteiger partial charge in [0.25, 0.3) is 5.91 Å². The van der Waals surface area contributed by atoms with E-state index in [0.717, 1.165) is 54.0 Å². The smallest absolute Gasteiger partial charge is 0.255 e. The molecular weight excluding hydrogens is 372 g/mol. The fourth-order valence-electron chi connectivity index (χ4n) is 3.78. The van der Waals surface area contributed by atoms with E-state index in [9.17, 15) is 4.79 Å². The maximum absolute atomic E-state index is 12.7. The number of anilines is 1. The molecule has 1 amide bonds. The highest BCUT2D eigenvalue weighted by molar-refractivity contribution is 6.05. The van der Waals surface area contributed by atoms with E-state index in [1.54, 1.807) is 18.3 Å². The van der Waals surface area contributed by atoms with Gasteiger partial charge in [-0.15, -0.1) is 0 Å². The Kier molecular flexibility index (Phi) is 5.89. The van der Waals surface area contributed by atoms with Crippen LogP contribution >= 0.6 is 0 Å². The maximum atomic E-state index is 12.7. The summed E-state index contributed by atoms with van der Waals surface area (Å²) in [5, 5.41) is 11.4. The molecule has 1 fully saturated rings. The van der Waals surface area contributed by atoms with E-state index in [1.165, 1.54) is 6.42 Å². The molecule has 30 heavy (non-hydrogen) atoms. The number of amidine groups is 1. The van der Waals surface area contributed by atoms with Crippen molar-refractivity contribution in [2.75, 3.05) is 18.4 Å². The lowest BCUT2D eigenvalue weighted by atomic mass is 10.0. The number of nitrogens with zero attached hydrogens (tertiary/aromatic N) is 2. The molecule has 0 spiro atoms. The third kappa shape index (κ3) is 4.40. The molecule has 0 saturated carbocycles. The number of rotatable bonds is 4. The Bertz CT molecular complexity index is 1040. The van der Waals surface area contributed by atoms with Gasteiger partial charge in [-0.3, -0.25) is 15.2 Å². The zero-order chi connectivity index (χ0) is 20.9. The highest BCUT2D eigenvalue weighted by atomic mass is 16.1. The molecule has 5 heteroatoms. The van der Waals surface area contributed by atoms with Crippen molar-refractivity contribution < 1.29 is 4.79 Å². The number of nitrogens with one attached hydrogen (secondary N) is 2. The van der Waals surface area contributed by atoms with Crippen molar-refractivity contribution in [3.8, 4) is 11.3 Å². The van der Waals surface area contributed by atoms with Gasteiger partial charge in [-0.25, -0.2) is 0 Å². The standard InChI is InChI=1S/C25H26N4O/c1-18-8-13-21(17-22(18)23-7-3-4-14-27-23)28-25(30)20-11-9-19(10-12-20)24(26)29-15-5-2-6-16-29/h3-4,7-14,17,26H,2,5-6,15-16H2,1H3,(H,28,30).